The first-order chi connectivity index (χ1) is 25.3. The van der Waals surface area contributed by atoms with E-state index in [0.29, 0.717) is 0 Å². The summed E-state index contributed by atoms with van der Waals surface area (Å²) in [6.45, 7) is 0. The van der Waals surface area contributed by atoms with Crippen LogP contribution >= 0.6 is 11.3 Å². The van der Waals surface area contributed by atoms with Gasteiger partial charge in [0, 0.05) is 36.6 Å². The highest BCUT2D eigenvalue weighted by molar-refractivity contribution is 7.26. The summed E-state index contributed by atoms with van der Waals surface area (Å²) in [5.41, 5.74) is 17.3. The van der Waals surface area contributed by atoms with Crippen molar-refractivity contribution in [2.24, 2.45) is 0 Å². The molecule has 0 atom stereocenters. The van der Waals surface area contributed by atoms with Crippen molar-refractivity contribution >= 4 is 64.6 Å². The summed E-state index contributed by atoms with van der Waals surface area (Å²) in [5.74, 6) is 0. The first kappa shape index (κ1) is 27.8. The number of aromatic nitrogens is 1. The van der Waals surface area contributed by atoms with Crippen molar-refractivity contribution in [2.45, 2.75) is 18.3 Å². The number of hydrogen-bond acceptors (Lipinski definition) is 1. The first-order valence-corrected chi connectivity index (χ1v) is 18.8. The number of nitrogens with zero attached hydrogens (tertiary/aromatic N) is 1. The molecular formula is C49H31NS. The van der Waals surface area contributed by atoms with E-state index in [4.69, 9.17) is 0 Å². The van der Waals surface area contributed by atoms with Crippen LogP contribution in [0, 0.1) is 0 Å². The van der Waals surface area contributed by atoms with Crippen molar-refractivity contribution in [1.82, 2.24) is 4.57 Å². The Labute approximate surface area is 300 Å². The zero-order valence-corrected chi connectivity index (χ0v) is 28.7. The first-order valence-electron chi connectivity index (χ1n) is 18.0. The molecule has 0 radical (unpaired) electrons. The second-order valence-corrected chi connectivity index (χ2v) is 15.3. The van der Waals surface area contributed by atoms with Gasteiger partial charge in [-0.05, 0) is 98.8 Å². The molecule has 238 valence electrons. The van der Waals surface area contributed by atoms with Gasteiger partial charge in [0.2, 0.25) is 0 Å². The van der Waals surface area contributed by atoms with Gasteiger partial charge in [-0.15, -0.1) is 11.3 Å². The zero-order chi connectivity index (χ0) is 33.3. The SMILES string of the molecule is C1=C(c2cccc3c2sc2ccccc23)CCC(n2c3ccccc3c3cc4c(cc32)-c2ccccc2C42c3ccccc3-c3ccccc32)=C1. The lowest BCUT2D eigenvalue weighted by atomic mass is 9.70. The van der Waals surface area contributed by atoms with Gasteiger partial charge in [0.1, 0.15) is 0 Å². The summed E-state index contributed by atoms with van der Waals surface area (Å²) >= 11 is 1.92. The Kier molecular flexibility index (Phi) is 5.49. The second-order valence-electron chi connectivity index (χ2n) is 14.3. The molecule has 3 aliphatic rings. The summed E-state index contributed by atoms with van der Waals surface area (Å²) in [6, 6.07) is 57.0. The summed E-state index contributed by atoms with van der Waals surface area (Å²) in [6.07, 6.45) is 6.78. The van der Waals surface area contributed by atoms with Crippen molar-refractivity contribution in [3.63, 3.8) is 0 Å². The fourth-order valence-corrected chi connectivity index (χ4v) is 11.2. The Morgan fingerprint density at radius 1 is 0.431 bits per heavy atom. The minimum absolute atomic E-state index is 0.341. The van der Waals surface area contributed by atoms with Crippen LogP contribution < -0.4 is 0 Å². The van der Waals surface area contributed by atoms with E-state index in [9.17, 15) is 0 Å². The van der Waals surface area contributed by atoms with E-state index in [1.165, 1.54) is 103 Å². The van der Waals surface area contributed by atoms with Gasteiger partial charge in [0.05, 0.1) is 16.4 Å². The summed E-state index contributed by atoms with van der Waals surface area (Å²) in [7, 11) is 0. The normalized spacial score (nSPS) is 15.3. The molecule has 0 N–H and O–H groups in total. The van der Waals surface area contributed by atoms with Gasteiger partial charge in [-0.25, -0.2) is 0 Å². The van der Waals surface area contributed by atoms with Crippen LogP contribution in [0.5, 0.6) is 0 Å². The van der Waals surface area contributed by atoms with Crippen LogP contribution in [0.3, 0.4) is 0 Å². The fourth-order valence-electron chi connectivity index (χ4n) is 9.90. The number of benzene rings is 7. The second kappa shape index (κ2) is 10.1. The van der Waals surface area contributed by atoms with Gasteiger partial charge in [0.25, 0.3) is 0 Å². The van der Waals surface area contributed by atoms with Crippen LogP contribution in [-0.2, 0) is 5.41 Å². The largest absolute Gasteiger partial charge is 0.313 e. The lowest BCUT2D eigenvalue weighted by Crippen LogP contribution is -2.25. The molecule has 0 aliphatic heterocycles. The predicted octanol–water partition coefficient (Wildman–Crippen LogP) is 13.2. The molecule has 2 aromatic heterocycles. The molecule has 0 bridgehead atoms. The Balaban J connectivity index is 1.09. The van der Waals surface area contributed by atoms with Crippen LogP contribution in [0.1, 0.15) is 40.7 Å². The van der Waals surface area contributed by atoms with E-state index in [1.807, 2.05) is 11.3 Å². The van der Waals surface area contributed by atoms with Crippen molar-refractivity contribution < 1.29 is 0 Å². The van der Waals surface area contributed by atoms with Crippen molar-refractivity contribution in [3.8, 4) is 22.3 Å². The molecule has 9 aromatic rings. The molecule has 0 saturated carbocycles. The molecule has 0 unspecified atom stereocenters. The molecule has 2 heteroatoms. The van der Waals surface area contributed by atoms with Crippen LogP contribution in [0.25, 0.3) is 75.5 Å². The van der Waals surface area contributed by atoms with Crippen LogP contribution in [0.15, 0.2) is 164 Å². The third-order valence-electron chi connectivity index (χ3n) is 12.0. The number of rotatable bonds is 2. The number of thiophene rings is 1. The smallest absolute Gasteiger partial charge is 0.0725 e. The Hall–Kier alpha value is -5.96. The Bertz CT molecular complexity index is 2990. The molecule has 0 fully saturated rings. The molecule has 7 aromatic carbocycles. The molecule has 0 saturated heterocycles. The molecule has 1 nitrogen and oxygen atoms in total. The highest BCUT2D eigenvalue weighted by Gasteiger charge is 2.51. The maximum Gasteiger partial charge on any atom is 0.0725 e. The van der Waals surface area contributed by atoms with E-state index in [2.05, 4.69) is 168 Å². The minimum Gasteiger partial charge on any atom is -0.313 e. The van der Waals surface area contributed by atoms with Gasteiger partial charge in [-0.3, -0.25) is 0 Å². The van der Waals surface area contributed by atoms with Crippen molar-refractivity contribution in [1.29, 1.82) is 0 Å². The molecule has 1 spiro atoms. The number of allylic oxidation sites excluding steroid dienone is 4. The summed E-state index contributed by atoms with van der Waals surface area (Å²) < 4.78 is 5.32. The predicted molar refractivity (Wildman–Crippen MR) is 217 cm³/mol. The maximum atomic E-state index is 2.56. The highest BCUT2D eigenvalue weighted by atomic mass is 32.1. The van der Waals surface area contributed by atoms with E-state index in [0.717, 1.165) is 12.8 Å². The average Bonchev–Trinajstić information content (AvgIpc) is 3.91. The summed E-state index contributed by atoms with van der Waals surface area (Å²) in [4.78, 5) is 0. The molecule has 12 rings (SSSR count). The van der Waals surface area contributed by atoms with Crippen molar-refractivity contribution in [2.75, 3.05) is 0 Å². The van der Waals surface area contributed by atoms with Crippen LogP contribution in [0.2, 0.25) is 0 Å². The maximum absolute atomic E-state index is 2.56. The van der Waals surface area contributed by atoms with Crippen LogP contribution in [0.4, 0.5) is 0 Å². The van der Waals surface area contributed by atoms with Crippen molar-refractivity contribution in [3.05, 3.63) is 192 Å². The number of para-hydroxylation sites is 1. The van der Waals surface area contributed by atoms with Gasteiger partial charge in [-0.2, -0.15) is 0 Å². The average molecular weight is 666 g/mol. The minimum atomic E-state index is -0.341. The van der Waals surface area contributed by atoms with Gasteiger partial charge < -0.3 is 4.57 Å². The summed E-state index contributed by atoms with van der Waals surface area (Å²) in [5, 5.41) is 5.36. The number of fused-ring (bicyclic) bond motifs is 16. The molecule has 3 aliphatic carbocycles. The zero-order valence-electron chi connectivity index (χ0n) is 27.9. The highest BCUT2D eigenvalue weighted by Crippen LogP contribution is 2.63. The molecule has 51 heavy (non-hydrogen) atoms. The quantitative estimate of drug-likeness (QED) is 0.173. The van der Waals surface area contributed by atoms with E-state index in [1.54, 1.807) is 0 Å². The topological polar surface area (TPSA) is 4.93 Å². The van der Waals surface area contributed by atoms with E-state index >= 15 is 0 Å². The third kappa shape index (κ3) is 3.50. The van der Waals surface area contributed by atoms with E-state index in [-0.39, 0.29) is 5.41 Å². The number of hydrogen-bond donors (Lipinski definition) is 0. The van der Waals surface area contributed by atoms with E-state index < -0.39 is 0 Å². The van der Waals surface area contributed by atoms with Crippen LogP contribution in [-0.4, -0.2) is 4.57 Å². The van der Waals surface area contributed by atoms with Gasteiger partial charge in [0.15, 0.2) is 0 Å². The Morgan fingerprint density at radius 3 is 1.76 bits per heavy atom. The van der Waals surface area contributed by atoms with Gasteiger partial charge in [-0.1, -0.05) is 133 Å². The Morgan fingerprint density at radius 2 is 1.04 bits per heavy atom. The lowest BCUT2D eigenvalue weighted by molar-refractivity contribution is 0.795. The lowest BCUT2D eigenvalue weighted by Gasteiger charge is -2.30. The third-order valence-corrected chi connectivity index (χ3v) is 13.2. The molecule has 2 heterocycles. The van der Waals surface area contributed by atoms with Gasteiger partial charge >= 0.3 is 0 Å². The fraction of sp³-hybridized carbons (Fsp3) is 0.0612. The molecular weight excluding hydrogens is 635 g/mol. The monoisotopic (exact) mass is 665 g/mol. The molecule has 0 amide bonds. The standard InChI is InChI=1S/C49H31NS/c1-6-19-41-33(12-1)34-13-2-7-20-42(34)49(41)43-21-8-3-14-35(43)39-29-46-40(28-44(39)49)36-15-4-9-22-45(36)50(46)31-26-24-30(25-27-31)32-17-11-18-38-37-16-5-10-23-47(37)51-48(32)38/h1-24,26,28-29H,25,27H2.